The number of hydrogen-bond acceptors (Lipinski definition) is 3. The third-order valence-corrected chi connectivity index (χ3v) is 4.23. The maximum Gasteiger partial charge on any atom is 0.0698 e. The van der Waals surface area contributed by atoms with Crippen LogP contribution in [0.1, 0.15) is 35.6 Å². The Bertz CT molecular complexity index is 413. The third kappa shape index (κ3) is 4.05. The van der Waals surface area contributed by atoms with E-state index in [1.165, 1.54) is 36.1 Å². The van der Waals surface area contributed by atoms with E-state index in [4.69, 9.17) is 4.74 Å². The average Bonchev–Trinajstić information content (AvgIpc) is 2.44. The highest BCUT2D eigenvalue weighted by Crippen LogP contribution is 2.20. The summed E-state index contributed by atoms with van der Waals surface area (Å²) in [6, 6.07) is 7.22. The van der Waals surface area contributed by atoms with Gasteiger partial charge in [0.05, 0.1) is 6.10 Å². The van der Waals surface area contributed by atoms with Gasteiger partial charge in [-0.15, -0.1) is 0 Å². The molecule has 1 saturated heterocycles. The van der Waals surface area contributed by atoms with Gasteiger partial charge in [-0.2, -0.15) is 0 Å². The number of nitrogens with zero attached hydrogens (tertiary/aromatic N) is 1. The predicted molar refractivity (Wildman–Crippen MR) is 84.2 cm³/mol. The number of likely N-dealkylation sites (N-methyl/N-ethyl adjacent to an activating group) is 1. The van der Waals surface area contributed by atoms with E-state index < -0.39 is 0 Å². The van der Waals surface area contributed by atoms with Gasteiger partial charge in [-0.1, -0.05) is 29.3 Å². The topological polar surface area (TPSA) is 24.5 Å². The summed E-state index contributed by atoms with van der Waals surface area (Å²) in [6.45, 7) is 7.64. The average molecular weight is 276 g/mol. The molecule has 0 radical (unpaired) electrons. The molecule has 1 heterocycles. The molecular formula is C17H28N2O. The molecule has 3 heteroatoms. The highest BCUT2D eigenvalue weighted by molar-refractivity contribution is 5.30. The van der Waals surface area contributed by atoms with Gasteiger partial charge >= 0.3 is 0 Å². The molecule has 2 rings (SSSR count). The molecule has 1 aromatic rings. The van der Waals surface area contributed by atoms with E-state index in [1.807, 2.05) is 7.11 Å². The fourth-order valence-electron chi connectivity index (χ4n) is 3.20. The highest BCUT2D eigenvalue weighted by Gasteiger charge is 2.22. The largest absolute Gasteiger partial charge is 0.380 e. The number of piperidine rings is 1. The summed E-state index contributed by atoms with van der Waals surface area (Å²) in [6.07, 6.45) is 2.84. The second-order valence-corrected chi connectivity index (χ2v) is 6.02. The number of methoxy groups -OCH3 is 1. The van der Waals surface area contributed by atoms with Crippen LogP contribution in [0.5, 0.6) is 0 Å². The van der Waals surface area contributed by atoms with Crippen LogP contribution < -0.4 is 5.32 Å². The Morgan fingerprint density at radius 2 is 2.00 bits per heavy atom. The van der Waals surface area contributed by atoms with Crippen LogP contribution in [0.2, 0.25) is 0 Å². The van der Waals surface area contributed by atoms with Gasteiger partial charge in [-0.3, -0.25) is 4.90 Å². The van der Waals surface area contributed by atoms with E-state index in [9.17, 15) is 0 Å². The first kappa shape index (κ1) is 15.5. The first-order valence-corrected chi connectivity index (χ1v) is 7.63. The summed E-state index contributed by atoms with van der Waals surface area (Å²) < 4.78 is 5.52. The van der Waals surface area contributed by atoms with Gasteiger partial charge in [0, 0.05) is 26.2 Å². The van der Waals surface area contributed by atoms with E-state index in [2.05, 4.69) is 49.3 Å². The highest BCUT2D eigenvalue weighted by atomic mass is 16.5. The van der Waals surface area contributed by atoms with Crippen LogP contribution in [0.25, 0.3) is 0 Å². The van der Waals surface area contributed by atoms with Crippen molar-refractivity contribution in [1.29, 1.82) is 0 Å². The van der Waals surface area contributed by atoms with Crippen molar-refractivity contribution in [2.24, 2.45) is 0 Å². The van der Waals surface area contributed by atoms with Crippen LogP contribution in [0.3, 0.4) is 0 Å². The Balaban J connectivity index is 2.04. The monoisotopic (exact) mass is 276 g/mol. The summed E-state index contributed by atoms with van der Waals surface area (Å²) in [7, 11) is 3.88. The summed E-state index contributed by atoms with van der Waals surface area (Å²) in [5, 5.41) is 3.47. The summed E-state index contributed by atoms with van der Waals surface area (Å²) in [5.74, 6) is 0. The number of rotatable bonds is 5. The molecule has 1 aromatic carbocycles. The standard InChI is InChI=1S/C17H28N2O/c1-13-8-14(2)10-15(9-13)17(18-3)12-19-7-5-6-16(11-19)20-4/h8-10,16-18H,5-7,11-12H2,1-4H3. The number of benzene rings is 1. The molecule has 3 nitrogen and oxygen atoms in total. The summed E-state index contributed by atoms with van der Waals surface area (Å²) >= 11 is 0. The van der Waals surface area contributed by atoms with Gasteiger partial charge in [-0.25, -0.2) is 0 Å². The molecule has 1 aliphatic rings. The molecule has 1 fully saturated rings. The normalized spacial score (nSPS) is 21.9. The number of aryl methyl sites for hydroxylation is 2. The summed E-state index contributed by atoms with van der Waals surface area (Å²) in [4.78, 5) is 2.52. The molecule has 2 unspecified atom stereocenters. The SMILES string of the molecule is CNC(CN1CCCC(OC)C1)c1cc(C)cc(C)c1. The lowest BCUT2D eigenvalue weighted by Gasteiger charge is -2.34. The maximum absolute atomic E-state index is 5.52. The van der Waals surface area contributed by atoms with Gasteiger partial charge in [0.2, 0.25) is 0 Å². The molecule has 20 heavy (non-hydrogen) atoms. The lowest BCUT2D eigenvalue weighted by Crippen LogP contribution is -2.43. The van der Waals surface area contributed by atoms with E-state index in [0.29, 0.717) is 12.1 Å². The molecule has 0 spiro atoms. The molecule has 0 amide bonds. The van der Waals surface area contributed by atoms with Crippen LogP contribution in [-0.4, -0.2) is 44.8 Å². The number of nitrogens with one attached hydrogen (secondary N) is 1. The van der Waals surface area contributed by atoms with E-state index in [1.54, 1.807) is 0 Å². The van der Waals surface area contributed by atoms with Crippen molar-refractivity contribution in [3.05, 3.63) is 34.9 Å². The molecule has 0 aromatic heterocycles. The summed E-state index contributed by atoms with van der Waals surface area (Å²) in [5.41, 5.74) is 4.08. The second kappa shape index (κ2) is 7.21. The third-order valence-electron chi connectivity index (χ3n) is 4.23. The van der Waals surface area contributed by atoms with Crippen molar-refractivity contribution >= 4 is 0 Å². The Labute approximate surface area is 123 Å². The maximum atomic E-state index is 5.52. The van der Waals surface area contributed by atoms with Gasteiger partial charge < -0.3 is 10.1 Å². The Hall–Kier alpha value is -0.900. The van der Waals surface area contributed by atoms with Crippen molar-refractivity contribution < 1.29 is 4.74 Å². The van der Waals surface area contributed by atoms with E-state index in [0.717, 1.165) is 13.1 Å². The number of likely N-dealkylation sites (tertiary alicyclic amines) is 1. The minimum Gasteiger partial charge on any atom is -0.380 e. The van der Waals surface area contributed by atoms with Gasteiger partial charge in [0.1, 0.15) is 0 Å². The molecule has 0 aliphatic carbocycles. The Morgan fingerprint density at radius 3 is 2.60 bits per heavy atom. The minimum atomic E-state index is 0.393. The van der Waals surface area contributed by atoms with Gasteiger partial charge in [0.25, 0.3) is 0 Å². The zero-order valence-corrected chi connectivity index (χ0v) is 13.3. The smallest absolute Gasteiger partial charge is 0.0698 e. The van der Waals surface area contributed by atoms with Gasteiger partial charge in [0.15, 0.2) is 0 Å². The van der Waals surface area contributed by atoms with Crippen molar-refractivity contribution in [1.82, 2.24) is 10.2 Å². The van der Waals surface area contributed by atoms with Crippen LogP contribution in [0.15, 0.2) is 18.2 Å². The Kier molecular flexibility index (Phi) is 5.58. The number of ether oxygens (including phenoxy) is 1. The lowest BCUT2D eigenvalue weighted by molar-refractivity contribution is 0.0283. The van der Waals surface area contributed by atoms with Crippen LogP contribution in [0, 0.1) is 13.8 Å². The van der Waals surface area contributed by atoms with E-state index in [-0.39, 0.29) is 0 Å². The quantitative estimate of drug-likeness (QED) is 0.895. The first-order chi connectivity index (χ1) is 9.62. The van der Waals surface area contributed by atoms with Crippen molar-refractivity contribution in [3.8, 4) is 0 Å². The Morgan fingerprint density at radius 1 is 1.30 bits per heavy atom. The van der Waals surface area contributed by atoms with Crippen molar-refractivity contribution in [2.45, 2.75) is 38.8 Å². The fraction of sp³-hybridized carbons (Fsp3) is 0.647. The lowest BCUT2D eigenvalue weighted by atomic mass is 10.00. The molecule has 0 bridgehead atoms. The molecule has 2 atom stereocenters. The number of hydrogen-bond donors (Lipinski definition) is 1. The van der Waals surface area contributed by atoms with Crippen molar-refractivity contribution in [2.75, 3.05) is 33.8 Å². The zero-order valence-electron chi connectivity index (χ0n) is 13.3. The predicted octanol–water partition coefficient (Wildman–Crippen LogP) is 2.67. The molecule has 1 aliphatic heterocycles. The molecule has 1 N–H and O–H groups in total. The van der Waals surface area contributed by atoms with E-state index >= 15 is 0 Å². The first-order valence-electron chi connectivity index (χ1n) is 7.63. The van der Waals surface area contributed by atoms with Crippen LogP contribution in [-0.2, 0) is 4.74 Å². The van der Waals surface area contributed by atoms with Gasteiger partial charge in [-0.05, 0) is 45.8 Å². The second-order valence-electron chi connectivity index (χ2n) is 6.02. The molecule has 0 saturated carbocycles. The fourth-order valence-corrected chi connectivity index (χ4v) is 3.20. The minimum absolute atomic E-state index is 0.393. The molecule has 112 valence electrons. The van der Waals surface area contributed by atoms with Crippen molar-refractivity contribution in [3.63, 3.8) is 0 Å². The van der Waals surface area contributed by atoms with Crippen LogP contribution >= 0.6 is 0 Å². The molecular weight excluding hydrogens is 248 g/mol. The van der Waals surface area contributed by atoms with Crippen LogP contribution in [0.4, 0.5) is 0 Å². The zero-order chi connectivity index (χ0) is 14.5.